The van der Waals surface area contributed by atoms with Crippen molar-refractivity contribution >= 4 is 39.1 Å². The van der Waals surface area contributed by atoms with Gasteiger partial charge in [0.1, 0.15) is 18.3 Å². The Morgan fingerprint density at radius 2 is 1.43 bits per heavy atom. The topological polar surface area (TPSA) is 96.0 Å². The van der Waals surface area contributed by atoms with E-state index in [9.17, 15) is 18.0 Å². The van der Waals surface area contributed by atoms with Crippen molar-refractivity contribution < 1.29 is 22.7 Å². The van der Waals surface area contributed by atoms with Crippen molar-refractivity contribution in [3.8, 4) is 5.75 Å². The minimum absolute atomic E-state index is 0.00317. The number of anilines is 1. The molecular formula is C36H40ClN3O5S. The van der Waals surface area contributed by atoms with Gasteiger partial charge in [-0.25, -0.2) is 8.42 Å². The molecule has 0 saturated heterocycles. The summed E-state index contributed by atoms with van der Waals surface area (Å²) in [6.07, 6.45) is 0.204. The Morgan fingerprint density at radius 3 is 2.02 bits per heavy atom. The van der Waals surface area contributed by atoms with Gasteiger partial charge in [0.15, 0.2) is 0 Å². The molecule has 2 amide bonds. The maximum atomic E-state index is 14.5. The number of hydrogen-bond donors (Lipinski definition) is 1. The number of benzene rings is 4. The van der Waals surface area contributed by atoms with Crippen LogP contribution in [0.5, 0.6) is 5.75 Å². The van der Waals surface area contributed by atoms with Gasteiger partial charge in [-0.05, 0) is 81.3 Å². The van der Waals surface area contributed by atoms with E-state index in [0.717, 1.165) is 9.87 Å². The maximum Gasteiger partial charge on any atom is 0.264 e. The Labute approximate surface area is 277 Å². The molecule has 46 heavy (non-hydrogen) atoms. The predicted octanol–water partition coefficient (Wildman–Crippen LogP) is 6.49. The summed E-state index contributed by atoms with van der Waals surface area (Å²) in [5.41, 5.74) is 1.19. The standard InChI is InChI=1S/C36H40ClN3O5S/c1-5-45-30-20-22-31(23-21-30)46(43,44)40(29-17-10-7-11-18-29)26-34(41)39(25-28-16-12-13-19-32(28)37)33(35(42)38-36(2,3)4)24-27-14-8-6-9-15-27/h6-23,33H,5,24-26H2,1-4H3,(H,38,42)/t33-/m1/s1. The van der Waals surface area contributed by atoms with E-state index in [0.29, 0.717) is 28.6 Å². The molecule has 0 aliphatic rings. The van der Waals surface area contributed by atoms with Crippen LogP contribution >= 0.6 is 11.6 Å². The quantitative estimate of drug-likeness (QED) is 0.177. The number of sulfonamides is 1. The van der Waals surface area contributed by atoms with E-state index in [1.165, 1.54) is 17.0 Å². The summed E-state index contributed by atoms with van der Waals surface area (Å²) >= 11 is 6.56. The van der Waals surface area contributed by atoms with E-state index >= 15 is 0 Å². The zero-order chi connectivity index (χ0) is 33.3. The number of carbonyl (C=O) groups excluding carboxylic acids is 2. The zero-order valence-corrected chi connectivity index (χ0v) is 28.1. The number of nitrogens with zero attached hydrogens (tertiary/aromatic N) is 2. The average Bonchev–Trinajstić information content (AvgIpc) is 3.02. The van der Waals surface area contributed by atoms with Crippen molar-refractivity contribution in [3.05, 3.63) is 125 Å². The Hall–Kier alpha value is -4.34. The number of amides is 2. The molecule has 10 heteroatoms. The Balaban J connectivity index is 1.80. The molecule has 0 heterocycles. The van der Waals surface area contributed by atoms with Crippen LogP contribution in [-0.4, -0.2) is 49.9 Å². The molecule has 0 aliphatic heterocycles. The summed E-state index contributed by atoms with van der Waals surface area (Å²) in [7, 11) is -4.23. The van der Waals surface area contributed by atoms with Gasteiger partial charge in [-0.1, -0.05) is 78.3 Å². The van der Waals surface area contributed by atoms with Gasteiger partial charge in [-0.3, -0.25) is 13.9 Å². The van der Waals surface area contributed by atoms with Crippen LogP contribution in [0.4, 0.5) is 5.69 Å². The highest BCUT2D eigenvalue weighted by Gasteiger charge is 2.35. The lowest BCUT2D eigenvalue weighted by Crippen LogP contribution is -2.56. The maximum absolute atomic E-state index is 14.5. The predicted molar refractivity (Wildman–Crippen MR) is 182 cm³/mol. The molecule has 0 aliphatic carbocycles. The summed E-state index contributed by atoms with van der Waals surface area (Å²) < 4.78 is 34.9. The first-order valence-corrected chi connectivity index (χ1v) is 16.9. The SMILES string of the molecule is CCOc1ccc(S(=O)(=O)N(CC(=O)N(Cc2ccccc2Cl)[C@H](Cc2ccccc2)C(=O)NC(C)(C)C)c2ccccc2)cc1. The third kappa shape index (κ3) is 9.11. The van der Waals surface area contributed by atoms with E-state index < -0.39 is 34.1 Å². The second-order valence-corrected chi connectivity index (χ2v) is 14.1. The molecule has 1 N–H and O–H groups in total. The number of ether oxygens (including phenoxy) is 1. The molecule has 0 aromatic heterocycles. The molecule has 8 nitrogen and oxygen atoms in total. The zero-order valence-electron chi connectivity index (χ0n) is 26.5. The summed E-state index contributed by atoms with van der Waals surface area (Å²) in [5.74, 6) is -0.399. The van der Waals surface area contributed by atoms with Crippen LogP contribution in [0.2, 0.25) is 5.02 Å². The molecule has 4 aromatic carbocycles. The van der Waals surface area contributed by atoms with Crippen LogP contribution in [0.25, 0.3) is 0 Å². The third-order valence-corrected chi connectivity index (χ3v) is 9.27. The number of nitrogens with one attached hydrogen (secondary N) is 1. The lowest BCUT2D eigenvalue weighted by molar-refractivity contribution is -0.140. The molecule has 0 fully saturated rings. The van der Waals surface area contributed by atoms with Crippen molar-refractivity contribution in [2.45, 2.75) is 57.1 Å². The number of para-hydroxylation sites is 1. The summed E-state index contributed by atoms with van der Waals surface area (Å²) in [6.45, 7) is 7.30. The highest BCUT2D eigenvalue weighted by Crippen LogP contribution is 2.27. The minimum Gasteiger partial charge on any atom is -0.494 e. The Bertz CT molecular complexity index is 1710. The molecule has 0 spiro atoms. The monoisotopic (exact) mass is 661 g/mol. The summed E-state index contributed by atoms with van der Waals surface area (Å²) in [5, 5.41) is 3.45. The van der Waals surface area contributed by atoms with Gasteiger partial charge in [0.05, 0.1) is 17.2 Å². The van der Waals surface area contributed by atoms with Crippen LogP contribution in [-0.2, 0) is 32.6 Å². The van der Waals surface area contributed by atoms with E-state index in [1.807, 2.05) is 58.0 Å². The molecular weight excluding hydrogens is 622 g/mol. The molecule has 1 atom stereocenters. The molecule has 242 valence electrons. The first-order valence-electron chi connectivity index (χ1n) is 15.1. The fraction of sp³-hybridized carbons (Fsp3) is 0.278. The molecule has 4 rings (SSSR count). The summed E-state index contributed by atoms with van der Waals surface area (Å²) in [6, 6.07) is 30.0. The van der Waals surface area contributed by atoms with Gasteiger partial charge in [0.25, 0.3) is 10.0 Å². The minimum atomic E-state index is -4.23. The normalized spacial score (nSPS) is 12.2. The number of hydrogen-bond acceptors (Lipinski definition) is 5. The van der Waals surface area contributed by atoms with Crippen molar-refractivity contribution in [1.82, 2.24) is 10.2 Å². The largest absolute Gasteiger partial charge is 0.494 e. The number of carbonyl (C=O) groups is 2. The van der Waals surface area contributed by atoms with E-state index in [4.69, 9.17) is 16.3 Å². The van der Waals surface area contributed by atoms with Crippen LogP contribution < -0.4 is 14.4 Å². The van der Waals surface area contributed by atoms with Crippen molar-refractivity contribution in [2.24, 2.45) is 0 Å². The van der Waals surface area contributed by atoms with E-state index in [-0.39, 0.29) is 23.8 Å². The van der Waals surface area contributed by atoms with Crippen molar-refractivity contribution in [1.29, 1.82) is 0 Å². The molecule has 0 saturated carbocycles. The first kappa shape index (κ1) is 34.5. The fourth-order valence-electron chi connectivity index (χ4n) is 4.94. The molecule has 0 radical (unpaired) electrons. The van der Waals surface area contributed by atoms with Gasteiger partial charge >= 0.3 is 0 Å². The third-order valence-electron chi connectivity index (χ3n) is 7.11. The lowest BCUT2D eigenvalue weighted by atomic mass is 10.0. The van der Waals surface area contributed by atoms with Crippen LogP contribution in [0.15, 0.2) is 114 Å². The van der Waals surface area contributed by atoms with Gasteiger partial charge in [0, 0.05) is 23.5 Å². The fourth-order valence-corrected chi connectivity index (χ4v) is 6.55. The van der Waals surface area contributed by atoms with Gasteiger partial charge < -0.3 is 15.0 Å². The van der Waals surface area contributed by atoms with Gasteiger partial charge in [-0.15, -0.1) is 0 Å². The summed E-state index contributed by atoms with van der Waals surface area (Å²) in [4.78, 5) is 29.9. The Morgan fingerprint density at radius 1 is 0.848 bits per heavy atom. The second-order valence-electron chi connectivity index (χ2n) is 11.8. The van der Waals surface area contributed by atoms with Crippen LogP contribution in [0, 0.1) is 0 Å². The van der Waals surface area contributed by atoms with E-state index in [1.54, 1.807) is 66.7 Å². The smallest absolute Gasteiger partial charge is 0.264 e. The van der Waals surface area contributed by atoms with Crippen LogP contribution in [0.1, 0.15) is 38.8 Å². The van der Waals surface area contributed by atoms with Gasteiger partial charge in [0.2, 0.25) is 11.8 Å². The van der Waals surface area contributed by atoms with Crippen molar-refractivity contribution in [2.75, 3.05) is 17.5 Å². The molecule has 0 unspecified atom stereocenters. The second kappa shape index (κ2) is 15.3. The van der Waals surface area contributed by atoms with Crippen LogP contribution in [0.3, 0.4) is 0 Å². The molecule has 4 aromatic rings. The highest BCUT2D eigenvalue weighted by atomic mass is 35.5. The van der Waals surface area contributed by atoms with Gasteiger partial charge in [-0.2, -0.15) is 0 Å². The first-order chi connectivity index (χ1) is 21.9. The lowest BCUT2D eigenvalue weighted by Gasteiger charge is -2.35. The number of halogens is 1. The molecule has 0 bridgehead atoms. The average molecular weight is 662 g/mol. The number of rotatable bonds is 13. The Kier molecular flexibility index (Phi) is 11.5. The van der Waals surface area contributed by atoms with E-state index in [2.05, 4.69) is 5.32 Å². The highest BCUT2D eigenvalue weighted by molar-refractivity contribution is 7.92. The van der Waals surface area contributed by atoms with Crippen molar-refractivity contribution in [3.63, 3.8) is 0 Å².